The second kappa shape index (κ2) is 8.33. The molecule has 7 heteroatoms. The molecule has 0 saturated carbocycles. The second-order valence-corrected chi connectivity index (χ2v) is 7.64. The van der Waals surface area contributed by atoms with Crippen LogP contribution in [-0.4, -0.2) is 54.5 Å². The van der Waals surface area contributed by atoms with Crippen molar-refractivity contribution >= 4 is 11.8 Å². The number of rotatable bonds is 6. The Morgan fingerprint density at radius 1 is 1.19 bits per heavy atom. The van der Waals surface area contributed by atoms with Crippen molar-refractivity contribution in [1.29, 1.82) is 0 Å². The third kappa shape index (κ3) is 4.83. The fourth-order valence-corrected chi connectivity index (χ4v) is 4.01. The zero-order chi connectivity index (χ0) is 19.4. The molecule has 0 radical (unpaired) electrons. The minimum atomic E-state index is -0.636. The van der Waals surface area contributed by atoms with E-state index in [-0.39, 0.29) is 30.4 Å². The summed E-state index contributed by atoms with van der Waals surface area (Å²) in [5.41, 5.74) is 0.308. The van der Waals surface area contributed by atoms with E-state index in [1.807, 2.05) is 6.92 Å². The Hall–Kier alpha value is -2.02. The number of hydrogen-bond donors (Lipinski definition) is 0. The molecular formula is C20H26F2N2O3. The zero-order valence-electron chi connectivity index (χ0n) is 15.7. The maximum atomic E-state index is 13.4. The van der Waals surface area contributed by atoms with Crippen LogP contribution >= 0.6 is 0 Å². The molecule has 27 heavy (non-hydrogen) atoms. The molecule has 0 bridgehead atoms. The van der Waals surface area contributed by atoms with E-state index in [1.54, 1.807) is 9.80 Å². The average Bonchev–Trinajstić information content (AvgIpc) is 2.89. The fraction of sp³-hybridized carbons (Fsp3) is 0.600. The summed E-state index contributed by atoms with van der Waals surface area (Å²) in [6, 6.07) is 3.35. The molecule has 1 aromatic rings. The third-order valence-electron chi connectivity index (χ3n) is 5.45. The first-order valence-corrected chi connectivity index (χ1v) is 9.49. The molecule has 1 spiro atoms. The molecule has 1 aromatic carbocycles. The second-order valence-electron chi connectivity index (χ2n) is 7.64. The molecule has 2 aliphatic heterocycles. The molecule has 3 rings (SSSR count). The van der Waals surface area contributed by atoms with Crippen LogP contribution in [0.5, 0.6) is 0 Å². The monoisotopic (exact) mass is 380 g/mol. The number of carbonyl (C=O) groups excluding carboxylic acids is 2. The van der Waals surface area contributed by atoms with Gasteiger partial charge in [-0.1, -0.05) is 6.92 Å². The first-order valence-electron chi connectivity index (χ1n) is 9.49. The highest BCUT2D eigenvalue weighted by molar-refractivity contribution is 5.80. The van der Waals surface area contributed by atoms with E-state index >= 15 is 0 Å². The van der Waals surface area contributed by atoms with Crippen LogP contribution in [0.3, 0.4) is 0 Å². The van der Waals surface area contributed by atoms with Gasteiger partial charge in [-0.25, -0.2) is 8.78 Å². The zero-order valence-corrected chi connectivity index (χ0v) is 15.7. The van der Waals surface area contributed by atoms with Gasteiger partial charge in [0.1, 0.15) is 18.2 Å². The standard InChI is InChI=1S/C20H26F2N2O3/c1-2-7-27-13-19(26)23-5-3-20(4-6-23)11-18(25)24(14-20)12-15-8-16(21)10-17(22)9-15/h8-10H,2-7,11-14H2,1H3. The van der Waals surface area contributed by atoms with E-state index in [1.165, 1.54) is 12.1 Å². The first kappa shape index (κ1) is 19.7. The van der Waals surface area contributed by atoms with Crippen LogP contribution in [0.1, 0.15) is 38.2 Å². The highest BCUT2D eigenvalue weighted by Gasteiger charge is 2.45. The Morgan fingerprint density at radius 3 is 2.48 bits per heavy atom. The van der Waals surface area contributed by atoms with E-state index in [2.05, 4.69) is 0 Å². The lowest BCUT2D eigenvalue weighted by Crippen LogP contribution is -2.45. The number of amides is 2. The lowest BCUT2D eigenvalue weighted by atomic mass is 9.77. The fourth-order valence-electron chi connectivity index (χ4n) is 4.01. The Morgan fingerprint density at radius 2 is 1.85 bits per heavy atom. The van der Waals surface area contributed by atoms with Crippen LogP contribution in [0.4, 0.5) is 8.78 Å². The molecule has 2 aliphatic rings. The smallest absolute Gasteiger partial charge is 0.248 e. The predicted molar refractivity (Wildman–Crippen MR) is 95.7 cm³/mol. The number of nitrogens with zero attached hydrogens (tertiary/aromatic N) is 2. The summed E-state index contributed by atoms with van der Waals surface area (Å²) in [4.78, 5) is 28.1. The minimum absolute atomic E-state index is 0.00489. The maximum absolute atomic E-state index is 13.4. The Labute approximate surface area is 158 Å². The summed E-state index contributed by atoms with van der Waals surface area (Å²) >= 11 is 0. The Bertz CT molecular complexity index is 682. The van der Waals surface area contributed by atoms with Gasteiger partial charge in [0.25, 0.3) is 0 Å². The number of likely N-dealkylation sites (tertiary alicyclic amines) is 2. The van der Waals surface area contributed by atoms with Crippen molar-refractivity contribution in [2.75, 3.05) is 32.8 Å². The molecular weight excluding hydrogens is 354 g/mol. The maximum Gasteiger partial charge on any atom is 0.248 e. The highest BCUT2D eigenvalue weighted by atomic mass is 19.1. The molecule has 0 N–H and O–H groups in total. The third-order valence-corrected chi connectivity index (χ3v) is 5.45. The van der Waals surface area contributed by atoms with Gasteiger partial charge in [-0.3, -0.25) is 9.59 Å². The molecule has 0 unspecified atom stereocenters. The molecule has 148 valence electrons. The SMILES string of the molecule is CCCOCC(=O)N1CCC2(CC1)CC(=O)N(Cc1cc(F)cc(F)c1)C2. The van der Waals surface area contributed by atoms with Crippen molar-refractivity contribution < 1.29 is 23.1 Å². The van der Waals surface area contributed by atoms with E-state index in [9.17, 15) is 18.4 Å². The van der Waals surface area contributed by atoms with Crippen molar-refractivity contribution in [3.8, 4) is 0 Å². The molecule has 2 fully saturated rings. The molecule has 2 amide bonds. The van der Waals surface area contributed by atoms with Gasteiger partial charge < -0.3 is 14.5 Å². The van der Waals surface area contributed by atoms with Gasteiger partial charge in [0.2, 0.25) is 11.8 Å². The largest absolute Gasteiger partial charge is 0.372 e. The van der Waals surface area contributed by atoms with E-state index in [0.29, 0.717) is 38.2 Å². The van der Waals surface area contributed by atoms with Gasteiger partial charge in [-0.05, 0) is 37.0 Å². The Balaban J connectivity index is 1.55. The molecule has 0 aliphatic carbocycles. The van der Waals surface area contributed by atoms with E-state index in [4.69, 9.17) is 4.74 Å². The van der Waals surface area contributed by atoms with Gasteiger partial charge in [0.15, 0.2) is 0 Å². The Kier molecular flexibility index (Phi) is 6.09. The van der Waals surface area contributed by atoms with Gasteiger partial charge in [0, 0.05) is 50.7 Å². The summed E-state index contributed by atoms with van der Waals surface area (Å²) in [5.74, 6) is -1.27. The summed E-state index contributed by atoms with van der Waals surface area (Å²) in [6.07, 6.45) is 2.82. The van der Waals surface area contributed by atoms with Crippen molar-refractivity contribution in [3.05, 3.63) is 35.4 Å². The predicted octanol–water partition coefficient (Wildman–Crippen LogP) is 2.73. The van der Waals surface area contributed by atoms with Crippen molar-refractivity contribution in [3.63, 3.8) is 0 Å². The molecule has 2 heterocycles. The number of hydrogen-bond acceptors (Lipinski definition) is 3. The minimum Gasteiger partial charge on any atom is -0.372 e. The number of halogens is 2. The highest BCUT2D eigenvalue weighted by Crippen LogP contribution is 2.41. The number of piperidine rings is 1. The van der Waals surface area contributed by atoms with Crippen LogP contribution in [0.15, 0.2) is 18.2 Å². The average molecular weight is 380 g/mol. The first-order chi connectivity index (χ1) is 12.9. The topological polar surface area (TPSA) is 49.9 Å². The van der Waals surface area contributed by atoms with Crippen LogP contribution in [0.25, 0.3) is 0 Å². The molecule has 0 atom stereocenters. The van der Waals surface area contributed by atoms with Crippen molar-refractivity contribution in [2.45, 2.75) is 39.2 Å². The van der Waals surface area contributed by atoms with Crippen molar-refractivity contribution in [2.24, 2.45) is 5.41 Å². The van der Waals surface area contributed by atoms with E-state index < -0.39 is 11.6 Å². The van der Waals surface area contributed by atoms with Gasteiger partial charge in [-0.15, -0.1) is 0 Å². The van der Waals surface area contributed by atoms with Crippen LogP contribution in [0, 0.1) is 17.0 Å². The lowest BCUT2D eigenvalue weighted by Gasteiger charge is -2.38. The quantitative estimate of drug-likeness (QED) is 0.713. The summed E-state index contributed by atoms with van der Waals surface area (Å²) in [5, 5.41) is 0. The van der Waals surface area contributed by atoms with Crippen molar-refractivity contribution in [1.82, 2.24) is 9.80 Å². The number of ether oxygens (including phenoxy) is 1. The molecule has 5 nitrogen and oxygen atoms in total. The van der Waals surface area contributed by atoms with Gasteiger partial charge in [-0.2, -0.15) is 0 Å². The van der Waals surface area contributed by atoms with E-state index in [0.717, 1.165) is 25.3 Å². The summed E-state index contributed by atoms with van der Waals surface area (Å²) < 4.78 is 32.1. The van der Waals surface area contributed by atoms with Crippen LogP contribution in [-0.2, 0) is 20.9 Å². The summed E-state index contributed by atoms with van der Waals surface area (Å²) in [6.45, 7) is 4.69. The van der Waals surface area contributed by atoms with Gasteiger partial charge >= 0.3 is 0 Å². The number of benzene rings is 1. The van der Waals surface area contributed by atoms with Gasteiger partial charge in [0.05, 0.1) is 0 Å². The van der Waals surface area contributed by atoms with Crippen LogP contribution in [0.2, 0.25) is 0 Å². The summed E-state index contributed by atoms with van der Waals surface area (Å²) in [7, 11) is 0. The normalized spacial score (nSPS) is 19.1. The molecule has 2 saturated heterocycles. The number of carbonyl (C=O) groups is 2. The lowest BCUT2D eigenvalue weighted by molar-refractivity contribution is -0.138. The molecule has 0 aromatic heterocycles. The van der Waals surface area contributed by atoms with Crippen LogP contribution < -0.4 is 0 Å².